The van der Waals surface area contributed by atoms with Crippen LogP contribution in [-0.2, 0) is 6.42 Å². The Bertz CT molecular complexity index is 340. The highest BCUT2D eigenvalue weighted by Gasteiger charge is 2.19. The standard InChI is InChI=1S/C8H7BrFNO/c9-7-4-1-2-12-6(4)3-5(10)8(7)11/h3H,1-2,11H2. The number of fused-ring (bicyclic) bond motifs is 1. The number of nitrogens with two attached hydrogens (primary N) is 1. The number of halogens is 2. The number of hydrogen-bond acceptors (Lipinski definition) is 2. The van der Waals surface area contributed by atoms with E-state index in [-0.39, 0.29) is 5.69 Å². The van der Waals surface area contributed by atoms with Gasteiger partial charge in [-0.15, -0.1) is 0 Å². The molecule has 0 aromatic heterocycles. The average molecular weight is 232 g/mol. The molecule has 1 heterocycles. The fourth-order valence-electron chi connectivity index (χ4n) is 1.28. The number of ether oxygens (including phenoxy) is 1. The Balaban J connectivity index is 2.67. The minimum absolute atomic E-state index is 0.166. The maximum Gasteiger partial charge on any atom is 0.150 e. The third-order valence-corrected chi connectivity index (χ3v) is 2.83. The van der Waals surface area contributed by atoms with Gasteiger partial charge in [-0.05, 0) is 15.9 Å². The highest BCUT2D eigenvalue weighted by molar-refractivity contribution is 9.10. The van der Waals surface area contributed by atoms with Gasteiger partial charge in [-0.2, -0.15) is 0 Å². The molecule has 12 heavy (non-hydrogen) atoms. The summed E-state index contributed by atoms with van der Waals surface area (Å²) in [6.07, 6.45) is 0.792. The summed E-state index contributed by atoms with van der Waals surface area (Å²) >= 11 is 3.24. The third kappa shape index (κ3) is 0.982. The molecule has 0 spiro atoms. The molecular weight excluding hydrogens is 225 g/mol. The topological polar surface area (TPSA) is 35.2 Å². The fourth-order valence-corrected chi connectivity index (χ4v) is 1.86. The summed E-state index contributed by atoms with van der Waals surface area (Å²) in [6, 6.07) is 1.34. The van der Waals surface area contributed by atoms with Crippen LogP contribution in [0.4, 0.5) is 10.1 Å². The molecule has 1 aliphatic heterocycles. The summed E-state index contributed by atoms with van der Waals surface area (Å²) in [6.45, 7) is 0.608. The summed E-state index contributed by atoms with van der Waals surface area (Å²) in [5.41, 5.74) is 6.61. The van der Waals surface area contributed by atoms with Gasteiger partial charge in [0.25, 0.3) is 0 Å². The van der Waals surface area contributed by atoms with Crippen molar-refractivity contribution in [2.45, 2.75) is 6.42 Å². The summed E-state index contributed by atoms with van der Waals surface area (Å²) in [5, 5.41) is 0. The fraction of sp³-hybridized carbons (Fsp3) is 0.250. The second-order valence-corrected chi connectivity index (χ2v) is 3.45. The summed E-state index contributed by atoms with van der Waals surface area (Å²) < 4.78 is 18.8. The van der Waals surface area contributed by atoms with E-state index < -0.39 is 5.82 Å². The lowest BCUT2D eigenvalue weighted by Crippen LogP contribution is -1.94. The van der Waals surface area contributed by atoms with Crippen molar-refractivity contribution in [2.24, 2.45) is 0 Å². The zero-order valence-corrected chi connectivity index (χ0v) is 7.82. The molecule has 2 rings (SSSR count). The zero-order chi connectivity index (χ0) is 8.72. The minimum atomic E-state index is -0.428. The first kappa shape index (κ1) is 7.86. The van der Waals surface area contributed by atoms with Gasteiger partial charge < -0.3 is 10.5 Å². The van der Waals surface area contributed by atoms with Crippen LogP contribution in [0.1, 0.15) is 5.56 Å². The molecular formula is C8H7BrFNO. The van der Waals surface area contributed by atoms with Gasteiger partial charge in [0.1, 0.15) is 5.75 Å². The second-order valence-electron chi connectivity index (χ2n) is 2.66. The molecule has 1 aromatic rings. The molecule has 0 aliphatic carbocycles. The van der Waals surface area contributed by atoms with E-state index >= 15 is 0 Å². The lowest BCUT2D eigenvalue weighted by Gasteiger charge is -2.04. The van der Waals surface area contributed by atoms with Crippen molar-refractivity contribution in [3.63, 3.8) is 0 Å². The van der Waals surface area contributed by atoms with Crippen LogP contribution >= 0.6 is 15.9 Å². The normalized spacial score (nSPS) is 14.2. The van der Waals surface area contributed by atoms with Crippen LogP contribution in [-0.4, -0.2) is 6.61 Å². The number of anilines is 1. The predicted molar refractivity (Wildman–Crippen MR) is 47.7 cm³/mol. The quantitative estimate of drug-likeness (QED) is 0.695. The zero-order valence-electron chi connectivity index (χ0n) is 6.23. The number of benzene rings is 1. The second kappa shape index (κ2) is 2.62. The van der Waals surface area contributed by atoms with Crippen molar-refractivity contribution in [3.8, 4) is 5.75 Å². The number of nitrogen functional groups attached to an aromatic ring is 1. The maximum absolute atomic E-state index is 13.0. The van der Waals surface area contributed by atoms with Crippen molar-refractivity contribution in [1.29, 1.82) is 0 Å². The van der Waals surface area contributed by atoms with E-state index in [1.807, 2.05) is 0 Å². The Morgan fingerprint density at radius 1 is 1.58 bits per heavy atom. The summed E-state index contributed by atoms with van der Waals surface area (Å²) in [5.74, 6) is 0.177. The van der Waals surface area contributed by atoms with E-state index in [1.54, 1.807) is 0 Å². The maximum atomic E-state index is 13.0. The van der Waals surface area contributed by atoms with Gasteiger partial charge in [0.2, 0.25) is 0 Å². The van der Waals surface area contributed by atoms with E-state index in [4.69, 9.17) is 10.5 Å². The molecule has 2 N–H and O–H groups in total. The molecule has 4 heteroatoms. The molecule has 0 fully saturated rings. The van der Waals surface area contributed by atoms with E-state index in [0.717, 1.165) is 12.0 Å². The first-order valence-corrected chi connectivity index (χ1v) is 4.38. The van der Waals surface area contributed by atoms with Crippen molar-refractivity contribution < 1.29 is 9.13 Å². The van der Waals surface area contributed by atoms with Crippen LogP contribution < -0.4 is 10.5 Å². The Hall–Kier alpha value is -0.770. The Morgan fingerprint density at radius 2 is 2.33 bits per heavy atom. The van der Waals surface area contributed by atoms with Crippen LogP contribution in [0.5, 0.6) is 5.75 Å². The average Bonchev–Trinajstić information content (AvgIpc) is 2.48. The van der Waals surface area contributed by atoms with E-state index in [9.17, 15) is 4.39 Å². The molecule has 2 nitrogen and oxygen atoms in total. The van der Waals surface area contributed by atoms with E-state index in [2.05, 4.69) is 15.9 Å². The molecule has 0 radical (unpaired) electrons. The molecule has 0 bridgehead atoms. The lowest BCUT2D eigenvalue weighted by molar-refractivity contribution is 0.355. The van der Waals surface area contributed by atoms with Crippen LogP contribution in [0.2, 0.25) is 0 Å². The summed E-state index contributed by atoms with van der Waals surface area (Å²) in [4.78, 5) is 0. The molecule has 0 saturated carbocycles. The molecule has 0 saturated heterocycles. The van der Waals surface area contributed by atoms with Crippen molar-refractivity contribution in [1.82, 2.24) is 0 Å². The van der Waals surface area contributed by atoms with Gasteiger partial charge in [-0.25, -0.2) is 4.39 Å². The highest BCUT2D eigenvalue weighted by atomic mass is 79.9. The van der Waals surface area contributed by atoms with E-state index in [1.165, 1.54) is 6.07 Å². The molecule has 64 valence electrons. The Morgan fingerprint density at radius 3 is 3.08 bits per heavy atom. The predicted octanol–water partition coefficient (Wildman–Crippen LogP) is 2.11. The first-order valence-electron chi connectivity index (χ1n) is 3.59. The van der Waals surface area contributed by atoms with Crippen molar-refractivity contribution in [3.05, 3.63) is 21.9 Å². The highest BCUT2D eigenvalue weighted by Crippen LogP contribution is 2.37. The van der Waals surface area contributed by atoms with Gasteiger partial charge in [-0.1, -0.05) is 0 Å². The molecule has 1 aliphatic rings. The molecule has 1 aromatic carbocycles. The summed E-state index contributed by atoms with van der Waals surface area (Å²) in [7, 11) is 0. The Labute approximate surface area is 77.6 Å². The van der Waals surface area contributed by atoms with Crippen LogP contribution in [0.3, 0.4) is 0 Å². The van der Waals surface area contributed by atoms with Gasteiger partial charge in [0.15, 0.2) is 5.82 Å². The van der Waals surface area contributed by atoms with E-state index in [0.29, 0.717) is 16.8 Å². The Kier molecular flexibility index (Phi) is 1.72. The van der Waals surface area contributed by atoms with Crippen molar-refractivity contribution >= 4 is 21.6 Å². The largest absolute Gasteiger partial charge is 0.493 e. The molecule has 0 unspecified atom stereocenters. The van der Waals surface area contributed by atoms with Gasteiger partial charge in [-0.3, -0.25) is 0 Å². The van der Waals surface area contributed by atoms with Crippen LogP contribution in [0.15, 0.2) is 10.5 Å². The third-order valence-electron chi connectivity index (χ3n) is 1.92. The van der Waals surface area contributed by atoms with Crippen LogP contribution in [0, 0.1) is 5.82 Å². The van der Waals surface area contributed by atoms with Crippen molar-refractivity contribution in [2.75, 3.05) is 12.3 Å². The minimum Gasteiger partial charge on any atom is -0.493 e. The number of rotatable bonds is 0. The molecule has 0 amide bonds. The first-order chi connectivity index (χ1) is 5.70. The van der Waals surface area contributed by atoms with Gasteiger partial charge in [0, 0.05) is 18.1 Å². The van der Waals surface area contributed by atoms with Crippen LogP contribution in [0.25, 0.3) is 0 Å². The smallest absolute Gasteiger partial charge is 0.150 e. The monoisotopic (exact) mass is 231 g/mol. The molecule has 0 atom stereocenters. The lowest BCUT2D eigenvalue weighted by atomic mass is 10.1. The van der Waals surface area contributed by atoms with Gasteiger partial charge in [0.05, 0.1) is 16.8 Å². The number of hydrogen-bond donors (Lipinski definition) is 1. The van der Waals surface area contributed by atoms with Gasteiger partial charge >= 0.3 is 0 Å². The SMILES string of the molecule is Nc1c(F)cc2c(c1Br)CCO2.